The summed E-state index contributed by atoms with van der Waals surface area (Å²) in [5.41, 5.74) is 0.714. The van der Waals surface area contributed by atoms with Gasteiger partial charge in [-0.25, -0.2) is 9.59 Å². The zero-order valence-corrected chi connectivity index (χ0v) is 10.6. The molecule has 0 aliphatic carbocycles. The first-order valence-corrected chi connectivity index (χ1v) is 5.64. The average Bonchev–Trinajstić information content (AvgIpc) is 2.24. The van der Waals surface area contributed by atoms with Gasteiger partial charge in [0.15, 0.2) is 0 Å². The molecule has 2 heterocycles. The van der Waals surface area contributed by atoms with Crippen molar-refractivity contribution in [2.75, 3.05) is 13.6 Å². The zero-order chi connectivity index (χ0) is 13.3. The van der Waals surface area contributed by atoms with Crippen molar-refractivity contribution >= 4 is 11.9 Å². The molecule has 0 spiro atoms. The molecule has 0 N–H and O–H groups in total. The van der Waals surface area contributed by atoms with Crippen molar-refractivity contribution < 1.29 is 19.1 Å². The number of ether oxygens (including phenoxy) is 2. The summed E-state index contributed by atoms with van der Waals surface area (Å²) in [7, 11) is 1.93. The van der Waals surface area contributed by atoms with Gasteiger partial charge < -0.3 is 14.4 Å². The number of carbonyl (C=O) groups is 2. The van der Waals surface area contributed by atoms with Crippen molar-refractivity contribution in [3.63, 3.8) is 0 Å². The van der Waals surface area contributed by atoms with E-state index in [-0.39, 0.29) is 5.57 Å². The van der Waals surface area contributed by atoms with Crippen LogP contribution in [0.1, 0.15) is 13.8 Å². The molecule has 0 aromatic carbocycles. The molecule has 2 aliphatic rings. The molecule has 96 valence electrons. The first kappa shape index (κ1) is 12.4. The van der Waals surface area contributed by atoms with Crippen LogP contribution in [0, 0.1) is 0 Å². The maximum absolute atomic E-state index is 11.7. The van der Waals surface area contributed by atoms with Crippen LogP contribution in [-0.2, 0) is 19.1 Å². The number of likely N-dealkylation sites (N-methyl/N-ethyl adjacent to an activating group) is 1. The number of hydrogen-bond acceptors (Lipinski definition) is 5. The van der Waals surface area contributed by atoms with Crippen LogP contribution in [0.5, 0.6) is 0 Å². The van der Waals surface area contributed by atoms with Crippen LogP contribution < -0.4 is 0 Å². The van der Waals surface area contributed by atoms with Gasteiger partial charge in [0.2, 0.25) is 0 Å². The highest BCUT2D eigenvalue weighted by molar-refractivity contribution is 6.15. The summed E-state index contributed by atoms with van der Waals surface area (Å²) < 4.78 is 10.0. The van der Waals surface area contributed by atoms with Crippen molar-refractivity contribution in [3.05, 3.63) is 35.6 Å². The van der Waals surface area contributed by atoms with Crippen LogP contribution in [0.4, 0.5) is 0 Å². The SMILES string of the molecule is CN1C=CC(C=C2C(=O)OC(C)(C)OC2=O)=CC1. The highest BCUT2D eigenvalue weighted by atomic mass is 16.7. The average molecular weight is 249 g/mol. The molecule has 5 nitrogen and oxygen atoms in total. The second-order valence-corrected chi connectivity index (χ2v) is 4.70. The van der Waals surface area contributed by atoms with E-state index in [1.807, 2.05) is 30.3 Å². The molecular weight excluding hydrogens is 234 g/mol. The largest absolute Gasteiger partial charge is 0.419 e. The Kier molecular flexibility index (Phi) is 2.98. The smallest absolute Gasteiger partial charge is 0.348 e. The Morgan fingerprint density at radius 1 is 1.28 bits per heavy atom. The predicted molar refractivity (Wildman–Crippen MR) is 64.2 cm³/mol. The fraction of sp³-hybridized carbons (Fsp3) is 0.385. The summed E-state index contributed by atoms with van der Waals surface area (Å²) in [6.45, 7) is 3.77. The van der Waals surface area contributed by atoms with Crippen LogP contribution in [0.15, 0.2) is 35.6 Å². The third-order valence-electron chi connectivity index (χ3n) is 2.56. The minimum absolute atomic E-state index is 0.0743. The molecule has 18 heavy (non-hydrogen) atoms. The highest BCUT2D eigenvalue weighted by Gasteiger charge is 2.38. The summed E-state index contributed by atoms with van der Waals surface area (Å²) >= 11 is 0. The van der Waals surface area contributed by atoms with Crippen LogP contribution in [0.25, 0.3) is 0 Å². The lowest BCUT2D eigenvalue weighted by Crippen LogP contribution is -2.41. The number of carbonyl (C=O) groups excluding carboxylic acids is 2. The lowest BCUT2D eigenvalue weighted by atomic mass is 10.1. The van der Waals surface area contributed by atoms with Crippen LogP contribution in [-0.4, -0.2) is 36.2 Å². The predicted octanol–water partition coefficient (Wildman–Crippen LogP) is 1.13. The van der Waals surface area contributed by atoms with E-state index in [2.05, 4.69) is 0 Å². The Bertz CT molecular complexity index is 463. The maximum Gasteiger partial charge on any atom is 0.348 e. The van der Waals surface area contributed by atoms with E-state index in [9.17, 15) is 9.59 Å². The molecule has 2 aliphatic heterocycles. The topological polar surface area (TPSA) is 55.8 Å². The van der Waals surface area contributed by atoms with Crippen molar-refractivity contribution in [1.29, 1.82) is 0 Å². The first-order chi connectivity index (χ1) is 8.37. The Labute approximate surface area is 105 Å². The first-order valence-electron chi connectivity index (χ1n) is 5.64. The number of hydrogen-bond donors (Lipinski definition) is 0. The fourth-order valence-corrected chi connectivity index (χ4v) is 1.64. The number of rotatable bonds is 1. The zero-order valence-electron chi connectivity index (χ0n) is 10.6. The van der Waals surface area contributed by atoms with Gasteiger partial charge in [-0.15, -0.1) is 0 Å². The second kappa shape index (κ2) is 4.33. The minimum Gasteiger partial charge on any atom is -0.419 e. The molecule has 0 unspecified atom stereocenters. The lowest BCUT2D eigenvalue weighted by Gasteiger charge is -2.29. The van der Waals surface area contributed by atoms with Gasteiger partial charge >= 0.3 is 11.9 Å². The van der Waals surface area contributed by atoms with Crippen molar-refractivity contribution in [2.24, 2.45) is 0 Å². The third-order valence-corrected chi connectivity index (χ3v) is 2.56. The van der Waals surface area contributed by atoms with Gasteiger partial charge in [0, 0.05) is 27.4 Å². The van der Waals surface area contributed by atoms with Gasteiger partial charge in [-0.05, 0) is 23.9 Å². The van der Waals surface area contributed by atoms with E-state index >= 15 is 0 Å². The van der Waals surface area contributed by atoms with Crippen molar-refractivity contribution in [3.8, 4) is 0 Å². The summed E-state index contributed by atoms with van der Waals surface area (Å²) in [4.78, 5) is 25.4. The molecule has 5 heteroatoms. The van der Waals surface area contributed by atoms with E-state index in [4.69, 9.17) is 9.47 Å². The molecule has 0 bridgehead atoms. The summed E-state index contributed by atoms with van der Waals surface area (Å²) in [6, 6.07) is 0. The molecule has 0 aromatic heterocycles. The second-order valence-electron chi connectivity index (χ2n) is 4.70. The molecule has 0 amide bonds. The van der Waals surface area contributed by atoms with Crippen LogP contribution in [0.2, 0.25) is 0 Å². The Balaban J connectivity index is 2.21. The van der Waals surface area contributed by atoms with Crippen molar-refractivity contribution in [1.82, 2.24) is 4.90 Å². The standard InChI is InChI=1S/C13H15NO4/c1-13(2)17-11(15)10(12(16)18-13)8-9-4-6-14(3)7-5-9/h4-6,8H,7H2,1-3H3. The minimum atomic E-state index is -1.19. The number of nitrogens with zero attached hydrogens (tertiary/aromatic N) is 1. The molecule has 0 atom stereocenters. The summed E-state index contributed by atoms with van der Waals surface area (Å²) in [6.07, 6.45) is 7.09. The van der Waals surface area contributed by atoms with Crippen molar-refractivity contribution in [2.45, 2.75) is 19.6 Å². The Hall–Kier alpha value is -2.04. The summed E-state index contributed by atoms with van der Waals surface area (Å²) in [5, 5.41) is 0. The molecule has 1 fully saturated rings. The number of esters is 2. The highest BCUT2D eigenvalue weighted by Crippen LogP contribution is 2.24. The van der Waals surface area contributed by atoms with E-state index in [0.717, 1.165) is 12.1 Å². The van der Waals surface area contributed by atoms with Gasteiger partial charge in [-0.2, -0.15) is 0 Å². The van der Waals surface area contributed by atoms with Gasteiger partial charge in [0.1, 0.15) is 5.57 Å². The normalized spacial score (nSPS) is 22.3. The Morgan fingerprint density at radius 3 is 2.39 bits per heavy atom. The Morgan fingerprint density at radius 2 is 1.89 bits per heavy atom. The van der Waals surface area contributed by atoms with Crippen LogP contribution >= 0.6 is 0 Å². The van der Waals surface area contributed by atoms with E-state index < -0.39 is 17.7 Å². The van der Waals surface area contributed by atoms with E-state index in [0.29, 0.717) is 0 Å². The number of allylic oxidation sites excluding steroid dienone is 3. The maximum atomic E-state index is 11.7. The van der Waals surface area contributed by atoms with E-state index in [1.165, 1.54) is 19.9 Å². The monoisotopic (exact) mass is 249 g/mol. The fourth-order valence-electron chi connectivity index (χ4n) is 1.64. The van der Waals surface area contributed by atoms with E-state index in [1.54, 1.807) is 0 Å². The molecule has 2 rings (SSSR count). The summed E-state index contributed by atoms with van der Waals surface area (Å²) in [5.74, 6) is -2.49. The van der Waals surface area contributed by atoms with Crippen LogP contribution in [0.3, 0.4) is 0 Å². The van der Waals surface area contributed by atoms with Gasteiger partial charge in [0.05, 0.1) is 0 Å². The molecule has 0 saturated carbocycles. The molecule has 0 aromatic rings. The van der Waals surface area contributed by atoms with Gasteiger partial charge in [-0.1, -0.05) is 6.08 Å². The molecular formula is C13H15NO4. The molecule has 0 radical (unpaired) electrons. The lowest BCUT2D eigenvalue weighted by molar-refractivity contribution is -0.222. The van der Waals surface area contributed by atoms with Gasteiger partial charge in [0.25, 0.3) is 5.79 Å². The third kappa shape index (κ3) is 2.61. The molecule has 1 saturated heterocycles. The number of cyclic esters (lactones) is 2. The quantitative estimate of drug-likeness (QED) is 0.396. The van der Waals surface area contributed by atoms with Gasteiger partial charge in [-0.3, -0.25) is 0 Å².